The lowest BCUT2D eigenvalue weighted by atomic mass is 10.1. The van der Waals surface area contributed by atoms with Crippen LogP contribution >= 0.6 is 0 Å². The van der Waals surface area contributed by atoms with Gasteiger partial charge in [-0.1, -0.05) is 6.07 Å². The maximum Gasteiger partial charge on any atom is 0.258 e. The van der Waals surface area contributed by atoms with Gasteiger partial charge in [0.1, 0.15) is 0 Å². The van der Waals surface area contributed by atoms with E-state index in [0.29, 0.717) is 22.4 Å². The zero-order valence-electron chi connectivity index (χ0n) is 10.9. The van der Waals surface area contributed by atoms with Gasteiger partial charge in [0.15, 0.2) is 0 Å². The molecule has 0 aromatic heterocycles. The Kier molecular flexibility index (Phi) is 3.79. The molecule has 0 bridgehead atoms. The molecule has 0 saturated carbocycles. The minimum Gasteiger partial charge on any atom is -0.311 e. The van der Waals surface area contributed by atoms with Gasteiger partial charge in [-0.2, -0.15) is 10.5 Å². The smallest absolute Gasteiger partial charge is 0.258 e. The standard InChI is InChI=1S/C16H11N3O/c1-19(15-7-5-12(10-17)6-8-15)16(20)14-4-2-3-13(9-14)11-18/h2-9H,1H3. The summed E-state index contributed by atoms with van der Waals surface area (Å²) in [5, 5.41) is 17.6. The molecule has 0 radical (unpaired) electrons. The maximum atomic E-state index is 12.3. The number of hydrogen-bond donors (Lipinski definition) is 0. The van der Waals surface area contributed by atoms with Gasteiger partial charge in [0.25, 0.3) is 5.91 Å². The molecule has 0 aliphatic rings. The van der Waals surface area contributed by atoms with E-state index < -0.39 is 0 Å². The summed E-state index contributed by atoms with van der Waals surface area (Å²) in [5.41, 5.74) is 2.14. The first-order chi connectivity index (χ1) is 9.65. The van der Waals surface area contributed by atoms with Crippen LogP contribution in [0.5, 0.6) is 0 Å². The van der Waals surface area contributed by atoms with Crippen LogP contribution in [0.3, 0.4) is 0 Å². The summed E-state index contributed by atoms with van der Waals surface area (Å²) in [6.07, 6.45) is 0. The minimum atomic E-state index is -0.202. The summed E-state index contributed by atoms with van der Waals surface area (Å²) >= 11 is 0. The van der Waals surface area contributed by atoms with E-state index in [1.807, 2.05) is 12.1 Å². The van der Waals surface area contributed by atoms with E-state index in [4.69, 9.17) is 10.5 Å². The molecule has 2 aromatic carbocycles. The molecule has 0 atom stereocenters. The second-order valence-corrected chi connectivity index (χ2v) is 4.22. The van der Waals surface area contributed by atoms with Gasteiger partial charge in [-0.05, 0) is 42.5 Å². The molecule has 0 N–H and O–H groups in total. The van der Waals surface area contributed by atoms with E-state index in [0.717, 1.165) is 0 Å². The molecule has 2 aromatic rings. The van der Waals surface area contributed by atoms with E-state index in [1.165, 1.54) is 4.90 Å². The van der Waals surface area contributed by atoms with Crippen LogP contribution in [0.15, 0.2) is 48.5 Å². The summed E-state index contributed by atoms with van der Waals surface area (Å²) in [4.78, 5) is 13.8. The molecule has 20 heavy (non-hydrogen) atoms. The maximum absolute atomic E-state index is 12.3. The highest BCUT2D eigenvalue weighted by molar-refractivity contribution is 6.05. The third kappa shape index (κ3) is 2.66. The molecule has 1 amide bonds. The molecular weight excluding hydrogens is 250 g/mol. The highest BCUT2D eigenvalue weighted by atomic mass is 16.2. The normalized spacial score (nSPS) is 9.35. The predicted octanol–water partition coefficient (Wildman–Crippen LogP) is 2.71. The lowest BCUT2D eigenvalue weighted by Gasteiger charge is -2.17. The first-order valence-corrected chi connectivity index (χ1v) is 5.94. The quantitative estimate of drug-likeness (QED) is 0.834. The summed E-state index contributed by atoms with van der Waals surface area (Å²) in [6, 6.07) is 17.3. The fourth-order valence-corrected chi connectivity index (χ4v) is 1.79. The predicted molar refractivity (Wildman–Crippen MR) is 75.0 cm³/mol. The number of anilines is 1. The summed E-state index contributed by atoms with van der Waals surface area (Å²) in [5.74, 6) is -0.202. The summed E-state index contributed by atoms with van der Waals surface area (Å²) < 4.78 is 0. The van der Waals surface area contributed by atoms with Gasteiger partial charge < -0.3 is 4.90 Å². The third-order valence-corrected chi connectivity index (χ3v) is 2.93. The Balaban J connectivity index is 2.28. The van der Waals surface area contributed by atoms with Crippen molar-refractivity contribution in [2.75, 3.05) is 11.9 Å². The average molecular weight is 261 g/mol. The van der Waals surface area contributed by atoms with Crippen molar-refractivity contribution in [3.8, 4) is 12.1 Å². The largest absolute Gasteiger partial charge is 0.311 e. The van der Waals surface area contributed by atoms with Crippen molar-refractivity contribution in [2.24, 2.45) is 0 Å². The molecule has 0 fully saturated rings. The van der Waals surface area contributed by atoms with Crippen molar-refractivity contribution in [3.05, 3.63) is 65.2 Å². The van der Waals surface area contributed by atoms with Crippen LogP contribution < -0.4 is 4.90 Å². The lowest BCUT2D eigenvalue weighted by Crippen LogP contribution is -2.26. The highest BCUT2D eigenvalue weighted by Gasteiger charge is 2.13. The number of benzene rings is 2. The van der Waals surface area contributed by atoms with E-state index >= 15 is 0 Å². The minimum absolute atomic E-state index is 0.202. The lowest BCUT2D eigenvalue weighted by molar-refractivity contribution is 0.0993. The molecule has 0 heterocycles. The van der Waals surface area contributed by atoms with Gasteiger partial charge in [0.05, 0.1) is 23.3 Å². The molecule has 0 aliphatic carbocycles. The zero-order chi connectivity index (χ0) is 14.5. The van der Waals surface area contributed by atoms with Crippen molar-refractivity contribution >= 4 is 11.6 Å². The first kappa shape index (κ1) is 13.3. The van der Waals surface area contributed by atoms with Gasteiger partial charge >= 0.3 is 0 Å². The first-order valence-electron chi connectivity index (χ1n) is 5.94. The van der Waals surface area contributed by atoms with Gasteiger partial charge in [-0.3, -0.25) is 4.79 Å². The van der Waals surface area contributed by atoms with Crippen LogP contribution in [0.1, 0.15) is 21.5 Å². The average Bonchev–Trinajstić information content (AvgIpc) is 2.53. The second-order valence-electron chi connectivity index (χ2n) is 4.22. The van der Waals surface area contributed by atoms with Gasteiger partial charge in [0.2, 0.25) is 0 Å². The monoisotopic (exact) mass is 261 g/mol. The SMILES string of the molecule is CN(C(=O)c1cccc(C#N)c1)c1ccc(C#N)cc1. The Bertz CT molecular complexity index is 721. The zero-order valence-corrected chi connectivity index (χ0v) is 10.9. The Hall–Kier alpha value is -3.11. The number of amides is 1. The molecular formula is C16H11N3O. The fraction of sp³-hybridized carbons (Fsp3) is 0.0625. The van der Waals surface area contributed by atoms with Crippen molar-refractivity contribution in [2.45, 2.75) is 0 Å². The van der Waals surface area contributed by atoms with Crippen molar-refractivity contribution in [3.63, 3.8) is 0 Å². The van der Waals surface area contributed by atoms with E-state index in [9.17, 15) is 4.79 Å². The van der Waals surface area contributed by atoms with E-state index in [2.05, 4.69) is 0 Å². The number of nitriles is 2. The Morgan fingerprint density at radius 2 is 1.65 bits per heavy atom. The summed E-state index contributed by atoms with van der Waals surface area (Å²) in [7, 11) is 1.66. The topological polar surface area (TPSA) is 67.9 Å². The number of carbonyl (C=O) groups excluding carboxylic acids is 1. The van der Waals surface area contributed by atoms with Gasteiger partial charge in [-0.15, -0.1) is 0 Å². The Morgan fingerprint density at radius 3 is 2.25 bits per heavy atom. The van der Waals surface area contributed by atoms with Crippen LogP contribution in [0, 0.1) is 22.7 Å². The van der Waals surface area contributed by atoms with Crippen LogP contribution in [0.2, 0.25) is 0 Å². The Morgan fingerprint density at radius 1 is 1.00 bits per heavy atom. The van der Waals surface area contributed by atoms with Gasteiger partial charge in [-0.25, -0.2) is 0 Å². The molecule has 0 spiro atoms. The van der Waals surface area contributed by atoms with Crippen LogP contribution in [-0.4, -0.2) is 13.0 Å². The van der Waals surface area contributed by atoms with Gasteiger partial charge in [0, 0.05) is 18.3 Å². The van der Waals surface area contributed by atoms with E-state index in [-0.39, 0.29) is 5.91 Å². The Labute approximate surface area is 117 Å². The molecule has 0 aliphatic heterocycles. The van der Waals surface area contributed by atoms with Crippen molar-refractivity contribution < 1.29 is 4.79 Å². The number of nitrogens with zero attached hydrogens (tertiary/aromatic N) is 3. The van der Waals surface area contributed by atoms with Crippen LogP contribution in [0.4, 0.5) is 5.69 Å². The molecule has 2 rings (SSSR count). The summed E-state index contributed by atoms with van der Waals surface area (Å²) in [6.45, 7) is 0. The number of rotatable bonds is 2. The van der Waals surface area contributed by atoms with Crippen LogP contribution in [-0.2, 0) is 0 Å². The molecule has 0 saturated heterocycles. The fourth-order valence-electron chi connectivity index (χ4n) is 1.79. The molecule has 4 heteroatoms. The highest BCUT2D eigenvalue weighted by Crippen LogP contribution is 2.17. The van der Waals surface area contributed by atoms with Crippen molar-refractivity contribution in [1.82, 2.24) is 0 Å². The number of carbonyl (C=O) groups is 1. The third-order valence-electron chi connectivity index (χ3n) is 2.93. The number of hydrogen-bond acceptors (Lipinski definition) is 3. The van der Waals surface area contributed by atoms with Crippen LogP contribution in [0.25, 0.3) is 0 Å². The molecule has 0 unspecified atom stereocenters. The van der Waals surface area contributed by atoms with Crippen molar-refractivity contribution in [1.29, 1.82) is 10.5 Å². The second kappa shape index (κ2) is 5.69. The molecule has 96 valence electrons. The van der Waals surface area contributed by atoms with E-state index in [1.54, 1.807) is 55.6 Å². The molecule has 4 nitrogen and oxygen atoms in total.